The zero-order valence-electron chi connectivity index (χ0n) is 19.9. The Hall–Kier alpha value is -2.88. The van der Waals surface area contributed by atoms with Crippen LogP contribution in [0.5, 0.6) is 0 Å². The molecule has 0 fully saturated rings. The van der Waals surface area contributed by atoms with Crippen LogP contribution in [-0.4, -0.2) is 44.3 Å². The summed E-state index contributed by atoms with van der Waals surface area (Å²) in [6.07, 6.45) is 0. The van der Waals surface area contributed by atoms with Crippen molar-refractivity contribution in [1.82, 2.24) is 10.2 Å². The van der Waals surface area contributed by atoms with Gasteiger partial charge in [0, 0.05) is 22.6 Å². The molecule has 0 radical (unpaired) electrons. The molecule has 0 unspecified atom stereocenters. The van der Waals surface area contributed by atoms with E-state index in [2.05, 4.69) is 21.2 Å². The molecule has 1 atom stereocenters. The molecule has 0 aliphatic heterocycles. The third-order valence-electron chi connectivity index (χ3n) is 5.49. The van der Waals surface area contributed by atoms with Crippen molar-refractivity contribution in [3.8, 4) is 0 Å². The first-order valence-corrected chi connectivity index (χ1v) is 13.9. The summed E-state index contributed by atoms with van der Waals surface area (Å²) in [5.41, 5.74) is 1.04. The van der Waals surface area contributed by atoms with Gasteiger partial charge < -0.3 is 10.2 Å². The van der Waals surface area contributed by atoms with E-state index in [0.717, 1.165) is 14.3 Å². The molecule has 0 heterocycles. The number of nitrogens with one attached hydrogen (secondary N) is 1. The number of halogens is 2. The summed E-state index contributed by atoms with van der Waals surface area (Å²) in [4.78, 5) is 27.8. The highest BCUT2D eigenvalue weighted by molar-refractivity contribution is 9.10. The van der Waals surface area contributed by atoms with E-state index in [1.807, 2.05) is 24.3 Å². The molecular weight excluding hydrogens is 566 g/mol. The van der Waals surface area contributed by atoms with Crippen molar-refractivity contribution < 1.29 is 18.0 Å². The van der Waals surface area contributed by atoms with Crippen LogP contribution in [0.15, 0.2) is 88.2 Å². The normalized spacial score (nSPS) is 12.0. The largest absolute Gasteiger partial charge is 0.355 e. The van der Waals surface area contributed by atoms with Gasteiger partial charge in [0.2, 0.25) is 11.8 Å². The van der Waals surface area contributed by atoms with Crippen LogP contribution in [0.1, 0.15) is 19.4 Å². The standard InChI is InChI=1S/C26H27BrClN3O4S/c1-3-29-26(33)19(2)30(17-20-12-14-21(27)15-13-20)25(32)18-31(23-9-7-8-22(28)16-23)36(34,35)24-10-5-4-6-11-24/h4-16,19H,3,17-18H2,1-2H3,(H,29,33)/t19-/m0/s1. The van der Waals surface area contributed by atoms with E-state index in [4.69, 9.17) is 11.6 Å². The van der Waals surface area contributed by atoms with Crippen LogP contribution in [0.4, 0.5) is 5.69 Å². The number of rotatable bonds is 10. The van der Waals surface area contributed by atoms with Crippen molar-refractivity contribution in [2.24, 2.45) is 0 Å². The number of benzene rings is 3. The van der Waals surface area contributed by atoms with Crippen molar-refractivity contribution in [3.63, 3.8) is 0 Å². The van der Waals surface area contributed by atoms with Crippen LogP contribution >= 0.6 is 27.5 Å². The van der Waals surface area contributed by atoms with Gasteiger partial charge >= 0.3 is 0 Å². The molecule has 3 aromatic rings. The molecule has 1 N–H and O–H groups in total. The molecule has 2 amide bonds. The van der Waals surface area contributed by atoms with Crippen molar-refractivity contribution in [2.45, 2.75) is 31.3 Å². The number of hydrogen-bond donors (Lipinski definition) is 1. The Morgan fingerprint density at radius 1 is 1.00 bits per heavy atom. The van der Waals surface area contributed by atoms with Crippen LogP contribution in [0, 0.1) is 0 Å². The molecule has 3 rings (SSSR count). The Balaban J connectivity index is 2.01. The molecule has 0 saturated heterocycles. The molecule has 10 heteroatoms. The molecule has 3 aromatic carbocycles. The fourth-order valence-corrected chi connectivity index (χ4v) is 5.45. The molecule has 0 aliphatic carbocycles. The van der Waals surface area contributed by atoms with Crippen LogP contribution in [0.25, 0.3) is 0 Å². The van der Waals surface area contributed by atoms with Crippen LogP contribution in [0.3, 0.4) is 0 Å². The van der Waals surface area contributed by atoms with Gasteiger partial charge in [-0.05, 0) is 61.9 Å². The van der Waals surface area contributed by atoms with Gasteiger partial charge in [0.1, 0.15) is 12.6 Å². The Morgan fingerprint density at radius 3 is 2.28 bits per heavy atom. The van der Waals surface area contributed by atoms with Crippen LogP contribution in [-0.2, 0) is 26.2 Å². The van der Waals surface area contributed by atoms with Gasteiger partial charge in [0.25, 0.3) is 10.0 Å². The minimum atomic E-state index is -4.11. The molecule has 36 heavy (non-hydrogen) atoms. The van der Waals surface area contributed by atoms with Gasteiger partial charge in [-0.3, -0.25) is 13.9 Å². The maximum Gasteiger partial charge on any atom is 0.264 e. The maximum atomic E-state index is 13.7. The molecule has 0 saturated carbocycles. The second-order valence-electron chi connectivity index (χ2n) is 8.02. The Bertz CT molecular complexity index is 1300. The van der Waals surface area contributed by atoms with Crippen molar-refractivity contribution in [1.29, 1.82) is 0 Å². The molecule has 0 bridgehead atoms. The SMILES string of the molecule is CCNC(=O)[C@H](C)N(Cc1ccc(Br)cc1)C(=O)CN(c1cccc(Cl)c1)S(=O)(=O)c1ccccc1. The van der Waals surface area contributed by atoms with E-state index in [1.165, 1.54) is 23.1 Å². The summed E-state index contributed by atoms with van der Waals surface area (Å²) in [7, 11) is -4.11. The third-order valence-corrected chi connectivity index (χ3v) is 8.04. The third kappa shape index (κ3) is 6.87. The Kier molecular flexibility index (Phi) is 9.53. The average molecular weight is 593 g/mol. The lowest BCUT2D eigenvalue weighted by atomic mass is 10.1. The van der Waals surface area contributed by atoms with E-state index in [9.17, 15) is 18.0 Å². The summed E-state index contributed by atoms with van der Waals surface area (Å²) >= 11 is 9.55. The van der Waals surface area contributed by atoms with Gasteiger partial charge in [-0.25, -0.2) is 8.42 Å². The van der Waals surface area contributed by atoms with E-state index >= 15 is 0 Å². The van der Waals surface area contributed by atoms with Crippen LogP contribution < -0.4 is 9.62 Å². The lowest BCUT2D eigenvalue weighted by molar-refractivity contribution is -0.139. The summed E-state index contributed by atoms with van der Waals surface area (Å²) in [5, 5.41) is 3.06. The highest BCUT2D eigenvalue weighted by Crippen LogP contribution is 2.27. The lowest BCUT2D eigenvalue weighted by Gasteiger charge is -2.32. The van der Waals surface area contributed by atoms with Gasteiger partial charge in [-0.15, -0.1) is 0 Å². The number of likely N-dealkylation sites (N-methyl/N-ethyl adjacent to an activating group) is 1. The zero-order valence-corrected chi connectivity index (χ0v) is 23.1. The van der Waals surface area contributed by atoms with E-state index in [0.29, 0.717) is 11.6 Å². The molecule has 0 spiro atoms. The zero-order chi connectivity index (χ0) is 26.3. The van der Waals surface area contributed by atoms with E-state index in [1.54, 1.807) is 50.2 Å². The monoisotopic (exact) mass is 591 g/mol. The number of amides is 2. The Morgan fingerprint density at radius 2 is 1.67 bits per heavy atom. The second kappa shape index (κ2) is 12.4. The predicted molar refractivity (Wildman–Crippen MR) is 145 cm³/mol. The maximum absolute atomic E-state index is 13.7. The van der Waals surface area contributed by atoms with Gasteiger partial charge in [-0.2, -0.15) is 0 Å². The minimum Gasteiger partial charge on any atom is -0.355 e. The second-order valence-corrected chi connectivity index (χ2v) is 11.2. The first-order valence-electron chi connectivity index (χ1n) is 11.3. The van der Waals surface area contributed by atoms with Crippen molar-refractivity contribution in [3.05, 3.63) is 93.9 Å². The number of nitrogens with zero attached hydrogens (tertiary/aromatic N) is 2. The number of hydrogen-bond acceptors (Lipinski definition) is 4. The molecule has 0 aromatic heterocycles. The Labute approximate surface area is 225 Å². The summed E-state index contributed by atoms with van der Waals surface area (Å²) in [6.45, 7) is 3.42. The number of anilines is 1. The fourth-order valence-electron chi connectivity index (χ4n) is 3.57. The topological polar surface area (TPSA) is 86.8 Å². The van der Waals surface area contributed by atoms with Gasteiger partial charge in [-0.1, -0.05) is 63.9 Å². The van der Waals surface area contributed by atoms with E-state index < -0.39 is 28.5 Å². The van der Waals surface area contributed by atoms with Crippen molar-refractivity contribution in [2.75, 3.05) is 17.4 Å². The minimum absolute atomic E-state index is 0.0361. The average Bonchev–Trinajstić information content (AvgIpc) is 2.87. The lowest BCUT2D eigenvalue weighted by Crippen LogP contribution is -2.51. The summed E-state index contributed by atoms with van der Waals surface area (Å²) in [6, 6.07) is 20.7. The van der Waals surface area contributed by atoms with E-state index in [-0.39, 0.29) is 23.0 Å². The smallest absolute Gasteiger partial charge is 0.264 e. The highest BCUT2D eigenvalue weighted by Gasteiger charge is 2.32. The van der Waals surface area contributed by atoms with Gasteiger partial charge in [0.05, 0.1) is 10.6 Å². The first-order chi connectivity index (χ1) is 17.1. The highest BCUT2D eigenvalue weighted by atomic mass is 79.9. The van der Waals surface area contributed by atoms with Crippen LogP contribution in [0.2, 0.25) is 5.02 Å². The number of sulfonamides is 1. The van der Waals surface area contributed by atoms with Gasteiger partial charge in [0.15, 0.2) is 0 Å². The molecule has 190 valence electrons. The number of carbonyl (C=O) groups is 2. The molecular formula is C26H27BrClN3O4S. The quantitative estimate of drug-likeness (QED) is 0.365. The summed E-state index contributed by atoms with van der Waals surface area (Å²) < 4.78 is 29.2. The number of carbonyl (C=O) groups excluding carboxylic acids is 2. The fraction of sp³-hybridized carbons (Fsp3) is 0.231. The summed E-state index contributed by atoms with van der Waals surface area (Å²) in [5.74, 6) is -0.862. The molecule has 0 aliphatic rings. The first kappa shape index (κ1) is 27.7. The molecule has 7 nitrogen and oxygen atoms in total. The van der Waals surface area contributed by atoms with Crippen molar-refractivity contribution >= 4 is 55.1 Å². The predicted octanol–water partition coefficient (Wildman–Crippen LogP) is 4.85.